The van der Waals surface area contributed by atoms with Crippen LogP contribution < -0.4 is 0 Å². The predicted octanol–water partition coefficient (Wildman–Crippen LogP) is 5.68. The Morgan fingerprint density at radius 3 is 2.34 bits per heavy atom. The molecule has 29 heavy (non-hydrogen) atoms. The quantitative estimate of drug-likeness (QED) is 0.347. The van der Waals surface area contributed by atoms with Crippen LogP contribution in [-0.4, -0.2) is 24.9 Å². The third-order valence-corrected chi connectivity index (χ3v) is 5.25. The Labute approximate surface area is 170 Å². The topological polar surface area (TPSA) is 70.2 Å². The third kappa shape index (κ3) is 2.42. The number of rotatable bonds is 1. The number of nitrogens with one attached hydrogen (secondary N) is 2. The number of imidazole rings is 1. The SMILES string of the molecule is Cc1[nH]c2cc(F)ccc2c1-c1nc2c3cccnc3c3ncccc3c2[nH]1.Cl. The fraction of sp³-hybridized carbons (Fsp3) is 0.0455. The second kappa shape index (κ2) is 6.25. The molecule has 7 heteroatoms. The van der Waals surface area contributed by atoms with E-state index in [9.17, 15) is 4.39 Å². The van der Waals surface area contributed by atoms with Gasteiger partial charge in [-0.15, -0.1) is 12.4 Å². The maximum Gasteiger partial charge on any atom is 0.140 e. The fourth-order valence-electron chi connectivity index (χ4n) is 4.07. The molecule has 142 valence electrons. The molecule has 0 spiro atoms. The highest BCUT2D eigenvalue weighted by Crippen LogP contribution is 2.36. The van der Waals surface area contributed by atoms with Crippen LogP contribution in [0.2, 0.25) is 0 Å². The number of aromatic nitrogens is 5. The molecule has 0 saturated carbocycles. The van der Waals surface area contributed by atoms with Crippen LogP contribution in [0.25, 0.3) is 55.1 Å². The lowest BCUT2D eigenvalue weighted by Crippen LogP contribution is -1.86. The fourth-order valence-corrected chi connectivity index (χ4v) is 4.07. The van der Waals surface area contributed by atoms with Gasteiger partial charge in [-0.1, -0.05) is 0 Å². The van der Waals surface area contributed by atoms with Crippen molar-refractivity contribution in [2.75, 3.05) is 0 Å². The van der Waals surface area contributed by atoms with Crippen LogP contribution in [0.4, 0.5) is 4.39 Å². The molecule has 0 bridgehead atoms. The van der Waals surface area contributed by atoms with E-state index >= 15 is 0 Å². The van der Waals surface area contributed by atoms with Crippen molar-refractivity contribution in [2.45, 2.75) is 6.92 Å². The number of nitrogens with zero attached hydrogens (tertiary/aromatic N) is 3. The van der Waals surface area contributed by atoms with Crippen molar-refractivity contribution in [3.05, 3.63) is 66.4 Å². The van der Waals surface area contributed by atoms with Gasteiger partial charge in [-0.05, 0) is 49.4 Å². The Kier molecular flexibility index (Phi) is 3.79. The number of benzene rings is 2. The maximum absolute atomic E-state index is 13.6. The summed E-state index contributed by atoms with van der Waals surface area (Å²) in [4.78, 5) is 20.8. The molecule has 6 rings (SSSR count). The predicted molar refractivity (Wildman–Crippen MR) is 116 cm³/mol. The van der Waals surface area contributed by atoms with Gasteiger partial charge in [0.2, 0.25) is 0 Å². The first kappa shape index (κ1) is 17.6. The number of hydrogen-bond donors (Lipinski definition) is 2. The van der Waals surface area contributed by atoms with Crippen molar-refractivity contribution in [2.24, 2.45) is 0 Å². The summed E-state index contributed by atoms with van der Waals surface area (Å²) in [6.45, 7) is 1.97. The molecule has 2 N–H and O–H groups in total. The zero-order valence-electron chi connectivity index (χ0n) is 15.3. The lowest BCUT2D eigenvalue weighted by Gasteiger charge is -2.03. The van der Waals surface area contributed by atoms with Crippen molar-refractivity contribution in [3.63, 3.8) is 0 Å². The zero-order chi connectivity index (χ0) is 18.8. The summed E-state index contributed by atoms with van der Waals surface area (Å²) in [6.07, 6.45) is 3.55. The van der Waals surface area contributed by atoms with Crippen molar-refractivity contribution < 1.29 is 4.39 Å². The summed E-state index contributed by atoms with van der Waals surface area (Å²) in [5, 5.41) is 2.86. The van der Waals surface area contributed by atoms with Gasteiger partial charge in [-0.3, -0.25) is 9.97 Å². The van der Waals surface area contributed by atoms with Crippen LogP contribution >= 0.6 is 12.4 Å². The van der Waals surface area contributed by atoms with Gasteiger partial charge < -0.3 is 9.97 Å². The van der Waals surface area contributed by atoms with Crippen molar-refractivity contribution in [1.82, 2.24) is 24.9 Å². The van der Waals surface area contributed by atoms with E-state index in [2.05, 4.69) is 19.9 Å². The van der Waals surface area contributed by atoms with E-state index in [0.29, 0.717) is 0 Å². The minimum atomic E-state index is -0.265. The van der Waals surface area contributed by atoms with Gasteiger partial charge in [-0.2, -0.15) is 0 Å². The smallest absolute Gasteiger partial charge is 0.140 e. The average molecular weight is 404 g/mol. The molecule has 0 atom stereocenters. The summed E-state index contributed by atoms with van der Waals surface area (Å²) in [5.74, 6) is 0.478. The summed E-state index contributed by atoms with van der Waals surface area (Å²) in [6, 6.07) is 12.6. The summed E-state index contributed by atoms with van der Waals surface area (Å²) >= 11 is 0. The highest BCUT2D eigenvalue weighted by atomic mass is 35.5. The Bertz CT molecular complexity index is 1480. The summed E-state index contributed by atoms with van der Waals surface area (Å²) < 4.78 is 13.6. The first-order valence-electron chi connectivity index (χ1n) is 9.00. The standard InChI is InChI=1S/C22H14FN5.ClH/c1-11-17(13-7-6-12(23)10-16(13)26-11)22-27-20-14-4-2-8-24-18(14)19-15(21(20)28-22)5-3-9-25-19;/h2-10,26H,1H3,(H,27,28);1H. The molecule has 2 aromatic carbocycles. The Morgan fingerprint density at radius 2 is 1.55 bits per heavy atom. The molecule has 4 heterocycles. The molecule has 0 saturated heterocycles. The number of halogens is 2. The zero-order valence-corrected chi connectivity index (χ0v) is 16.1. The highest BCUT2D eigenvalue weighted by molar-refractivity contribution is 6.21. The molecule has 0 fully saturated rings. The van der Waals surface area contributed by atoms with Crippen LogP contribution in [0.3, 0.4) is 0 Å². The highest BCUT2D eigenvalue weighted by Gasteiger charge is 2.18. The van der Waals surface area contributed by atoms with E-state index in [4.69, 9.17) is 4.98 Å². The molecule has 0 aliphatic rings. The van der Waals surface area contributed by atoms with Crippen LogP contribution in [0.15, 0.2) is 54.9 Å². The first-order chi connectivity index (χ1) is 13.7. The molecular formula is C22H15ClFN5. The second-order valence-corrected chi connectivity index (χ2v) is 6.92. The molecule has 5 nitrogen and oxygen atoms in total. The van der Waals surface area contributed by atoms with Crippen LogP contribution in [-0.2, 0) is 0 Å². The van der Waals surface area contributed by atoms with Gasteiger partial charge in [0.25, 0.3) is 0 Å². The van der Waals surface area contributed by atoms with Crippen LogP contribution in [0.1, 0.15) is 5.69 Å². The molecule has 6 aromatic rings. The Hall–Kier alpha value is -3.51. The first-order valence-corrected chi connectivity index (χ1v) is 9.00. The monoisotopic (exact) mass is 403 g/mol. The van der Waals surface area contributed by atoms with Crippen molar-refractivity contribution in [1.29, 1.82) is 0 Å². The lowest BCUT2D eigenvalue weighted by atomic mass is 10.1. The molecule has 4 aromatic heterocycles. The third-order valence-electron chi connectivity index (χ3n) is 5.25. The van der Waals surface area contributed by atoms with Gasteiger partial charge in [0.1, 0.15) is 11.6 Å². The molecule has 0 aliphatic heterocycles. The van der Waals surface area contributed by atoms with E-state index in [1.165, 1.54) is 12.1 Å². The molecule has 0 aliphatic carbocycles. The number of pyridine rings is 2. The molecule has 0 unspecified atom stereocenters. The number of aryl methyl sites for hydroxylation is 1. The van der Waals surface area contributed by atoms with E-state index in [1.54, 1.807) is 18.5 Å². The van der Waals surface area contributed by atoms with E-state index < -0.39 is 0 Å². The molecule has 0 radical (unpaired) electrons. The van der Waals surface area contributed by atoms with Gasteiger partial charge in [0.15, 0.2) is 0 Å². The number of aromatic amines is 2. The minimum Gasteiger partial charge on any atom is -0.358 e. The van der Waals surface area contributed by atoms with E-state index in [1.807, 2.05) is 31.2 Å². The number of fused-ring (bicyclic) bond motifs is 7. The minimum absolute atomic E-state index is 0. The van der Waals surface area contributed by atoms with Crippen molar-refractivity contribution in [3.8, 4) is 11.4 Å². The number of H-pyrrole nitrogens is 2. The van der Waals surface area contributed by atoms with Crippen molar-refractivity contribution >= 4 is 56.1 Å². The van der Waals surface area contributed by atoms with Crippen LogP contribution in [0.5, 0.6) is 0 Å². The van der Waals surface area contributed by atoms with Gasteiger partial charge in [-0.25, -0.2) is 9.37 Å². The Morgan fingerprint density at radius 1 is 0.828 bits per heavy atom. The normalized spacial score (nSPS) is 11.5. The maximum atomic E-state index is 13.6. The van der Waals surface area contributed by atoms with E-state index in [-0.39, 0.29) is 18.2 Å². The molecule has 0 amide bonds. The molecular weight excluding hydrogens is 389 g/mol. The summed E-state index contributed by atoms with van der Waals surface area (Å²) in [7, 11) is 0. The van der Waals surface area contributed by atoms with Gasteiger partial charge in [0.05, 0.1) is 22.1 Å². The number of hydrogen-bond acceptors (Lipinski definition) is 3. The largest absolute Gasteiger partial charge is 0.358 e. The van der Waals surface area contributed by atoms with Gasteiger partial charge in [0, 0.05) is 45.3 Å². The average Bonchev–Trinajstić information content (AvgIpc) is 3.28. The summed E-state index contributed by atoms with van der Waals surface area (Å²) in [5.41, 5.74) is 6.10. The lowest BCUT2D eigenvalue weighted by molar-refractivity contribution is 0.629. The van der Waals surface area contributed by atoms with Gasteiger partial charge >= 0.3 is 0 Å². The van der Waals surface area contributed by atoms with Crippen LogP contribution in [0, 0.1) is 12.7 Å². The Balaban J connectivity index is 0.00000181. The van der Waals surface area contributed by atoms with E-state index in [0.717, 1.165) is 60.8 Å². The second-order valence-electron chi connectivity index (χ2n) is 6.92.